The molecule has 15 heavy (non-hydrogen) atoms. The minimum Gasteiger partial charge on any atom is -0.290 e. The monoisotopic (exact) mass is 204 g/mol. The molecule has 1 rings (SSSR count). The highest BCUT2D eigenvalue weighted by Crippen LogP contribution is 2.17. The molecule has 0 heterocycles. The van der Waals surface area contributed by atoms with Crippen LogP contribution in [0, 0.1) is 5.92 Å². The summed E-state index contributed by atoms with van der Waals surface area (Å²) in [7, 11) is 0. The molecule has 1 aliphatic rings. The summed E-state index contributed by atoms with van der Waals surface area (Å²) in [5.41, 5.74) is 0.973. The average molecular weight is 204 g/mol. The molecule has 0 spiro atoms. The van der Waals surface area contributed by atoms with Crippen molar-refractivity contribution in [2.24, 2.45) is 5.92 Å². The predicted molar refractivity (Wildman–Crippen MR) is 64.7 cm³/mol. The van der Waals surface area contributed by atoms with E-state index in [1.807, 2.05) is 6.08 Å². The summed E-state index contributed by atoms with van der Waals surface area (Å²) in [4.78, 5) is 11.3. The largest absolute Gasteiger partial charge is 0.290 e. The fraction of sp³-hybridized carbons (Fsp3) is 0.500. The first kappa shape index (κ1) is 12.0. The molecule has 0 saturated heterocycles. The van der Waals surface area contributed by atoms with Crippen molar-refractivity contribution >= 4 is 5.78 Å². The lowest BCUT2D eigenvalue weighted by atomic mass is 10.0. The molecule has 1 heteroatoms. The minimum atomic E-state index is 0.200. The van der Waals surface area contributed by atoms with E-state index in [1.54, 1.807) is 6.08 Å². The average Bonchev–Trinajstić information content (AvgIpc) is 2.61. The van der Waals surface area contributed by atoms with Crippen molar-refractivity contribution in [1.29, 1.82) is 0 Å². The van der Waals surface area contributed by atoms with Crippen molar-refractivity contribution in [3.63, 3.8) is 0 Å². The summed E-state index contributed by atoms with van der Waals surface area (Å²) in [6.45, 7) is 4.37. The van der Waals surface area contributed by atoms with Crippen LogP contribution in [0.4, 0.5) is 0 Å². The van der Waals surface area contributed by atoms with Crippen molar-refractivity contribution in [2.45, 2.75) is 39.5 Å². The Kier molecular flexibility index (Phi) is 5.09. The molecule has 0 radical (unpaired) electrons. The third-order valence-electron chi connectivity index (χ3n) is 2.63. The molecule has 0 aromatic rings. The van der Waals surface area contributed by atoms with E-state index >= 15 is 0 Å². The van der Waals surface area contributed by atoms with Crippen LogP contribution in [-0.4, -0.2) is 5.78 Å². The summed E-state index contributed by atoms with van der Waals surface area (Å²) in [5.74, 6) is 0.833. The highest BCUT2D eigenvalue weighted by atomic mass is 16.1. The Balaban J connectivity index is 2.30. The lowest BCUT2D eigenvalue weighted by Crippen LogP contribution is -1.95. The van der Waals surface area contributed by atoms with Gasteiger partial charge in [-0.2, -0.15) is 0 Å². The first-order chi connectivity index (χ1) is 7.24. The number of carbonyl (C=O) groups excluding carboxylic acids is 1. The van der Waals surface area contributed by atoms with Crippen molar-refractivity contribution in [3.8, 4) is 0 Å². The van der Waals surface area contributed by atoms with Gasteiger partial charge in [-0.15, -0.1) is 0 Å². The van der Waals surface area contributed by atoms with Gasteiger partial charge in [0.1, 0.15) is 0 Å². The zero-order valence-corrected chi connectivity index (χ0v) is 9.70. The third-order valence-corrected chi connectivity index (χ3v) is 2.63. The van der Waals surface area contributed by atoms with Crippen LogP contribution in [0.25, 0.3) is 0 Å². The number of hydrogen-bond donors (Lipinski definition) is 0. The van der Waals surface area contributed by atoms with Gasteiger partial charge in [0.15, 0.2) is 5.78 Å². The van der Waals surface area contributed by atoms with Crippen molar-refractivity contribution < 1.29 is 4.79 Å². The maximum Gasteiger partial charge on any atom is 0.181 e. The van der Waals surface area contributed by atoms with Crippen molar-refractivity contribution in [3.05, 3.63) is 36.0 Å². The van der Waals surface area contributed by atoms with Gasteiger partial charge in [-0.1, -0.05) is 38.2 Å². The van der Waals surface area contributed by atoms with Crippen LogP contribution in [0.15, 0.2) is 36.0 Å². The van der Waals surface area contributed by atoms with Crippen LogP contribution in [0.1, 0.15) is 39.5 Å². The lowest BCUT2D eigenvalue weighted by molar-refractivity contribution is -0.111. The van der Waals surface area contributed by atoms with E-state index in [-0.39, 0.29) is 5.78 Å². The smallest absolute Gasteiger partial charge is 0.181 e. The maximum atomic E-state index is 11.3. The molecule has 82 valence electrons. The van der Waals surface area contributed by atoms with Gasteiger partial charge in [0.2, 0.25) is 0 Å². The number of hydrogen-bond acceptors (Lipinski definition) is 1. The number of ketones is 1. The van der Waals surface area contributed by atoms with Gasteiger partial charge in [-0.25, -0.2) is 0 Å². The SMILES string of the molecule is CC/C=C\CC(C)C/C=C1\CC=CC1=O. The molecule has 0 fully saturated rings. The molecule has 0 saturated carbocycles. The highest BCUT2D eigenvalue weighted by molar-refractivity contribution is 6.06. The van der Waals surface area contributed by atoms with Crippen LogP contribution in [0.5, 0.6) is 0 Å². The minimum absolute atomic E-state index is 0.200. The van der Waals surface area contributed by atoms with E-state index in [0.29, 0.717) is 5.92 Å². The molecule has 1 nitrogen and oxygen atoms in total. The molecular formula is C14H20O. The number of carbonyl (C=O) groups is 1. The Labute approximate surface area is 92.6 Å². The second kappa shape index (κ2) is 6.39. The second-order valence-electron chi connectivity index (χ2n) is 4.16. The molecule has 1 atom stereocenters. The van der Waals surface area contributed by atoms with Crippen LogP contribution in [0.2, 0.25) is 0 Å². The van der Waals surface area contributed by atoms with Crippen LogP contribution < -0.4 is 0 Å². The summed E-state index contributed by atoms with van der Waals surface area (Å²) in [6.07, 6.45) is 14.2. The van der Waals surface area contributed by atoms with E-state index in [9.17, 15) is 4.79 Å². The van der Waals surface area contributed by atoms with Gasteiger partial charge in [-0.05, 0) is 43.3 Å². The van der Waals surface area contributed by atoms with Gasteiger partial charge in [0.25, 0.3) is 0 Å². The van der Waals surface area contributed by atoms with Gasteiger partial charge in [-0.3, -0.25) is 4.79 Å². The lowest BCUT2D eigenvalue weighted by Gasteiger charge is -2.05. The van der Waals surface area contributed by atoms with Gasteiger partial charge >= 0.3 is 0 Å². The van der Waals surface area contributed by atoms with Crippen molar-refractivity contribution in [2.75, 3.05) is 0 Å². The van der Waals surface area contributed by atoms with E-state index in [1.165, 1.54) is 0 Å². The molecule has 1 unspecified atom stereocenters. The van der Waals surface area contributed by atoms with Crippen LogP contribution in [0.3, 0.4) is 0 Å². The first-order valence-electron chi connectivity index (χ1n) is 5.79. The Morgan fingerprint density at radius 2 is 2.20 bits per heavy atom. The number of rotatable bonds is 5. The standard InChI is InChI=1S/C14H20O/c1-3-4-5-7-12(2)10-11-13-8-6-9-14(13)15/h4-6,9,11-12H,3,7-8,10H2,1-2H3/b5-4-,13-11+. The van der Waals surface area contributed by atoms with Gasteiger partial charge in [0, 0.05) is 0 Å². The molecule has 1 aliphatic carbocycles. The Morgan fingerprint density at radius 1 is 1.40 bits per heavy atom. The highest BCUT2D eigenvalue weighted by Gasteiger charge is 2.10. The zero-order valence-electron chi connectivity index (χ0n) is 9.70. The zero-order chi connectivity index (χ0) is 11.1. The normalized spacial score (nSPS) is 20.7. The van der Waals surface area contributed by atoms with E-state index < -0.39 is 0 Å². The predicted octanol–water partition coefficient (Wildman–Crippen LogP) is 3.82. The summed E-state index contributed by atoms with van der Waals surface area (Å²) < 4.78 is 0. The van der Waals surface area contributed by atoms with E-state index in [0.717, 1.165) is 31.3 Å². The molecule has 0 N–H and O–H groups in total. The Bertz CT molecular complexity index is 294. The molecule has 0 bridgehead atoms. The summed E-state index contributed by atoms with van der Waals surface area (Å²) in [5, 5.41) is 0. The quantitative estimate of drug-likeness (QED) is 0.491. The second-order valence-corrected chi connectivity index (χ2v) is 4.16. The molecule has 0 aliphatic heterocycles. The summed E-state index contributed by atoms with van der Waals surface area (Å²) in [6, 6.07) is 0. The topological polar surface area (TPSA) is 17.1 Å². The third kappa shape index (κ3) is 4.28. The molecule has 0 amide bonds. The van der Waals surface area contributed by atoms with Gasteiger partial charge < -0.3 is 0 Å². The fourth-order valence-corrected chi connectivity index (χ4v) is 1.62. The maximum absolute atomic E-state index is 11.3. The first-order valence-corrected chi connectivity index (χ1v) is 5.79. The fourth-order valence-electron chi connectivity index (χ4n) is 1.62. The van der Waals surface area contributed by atoms with Crippen LogP contribution >= 0.6 is 0 Å². The van der Waals surface area contributed by atoms with Gasteiger partial charge in [0.05, 0.1) is 0 Å². The van der Waals surface area contributed by atoms with Crippen LogP contribution in [-0.2, 0) is 4.79 Å². The molecular weight excluding hydrogens is 184 g/mol. The number of allylic oxidation sites excluding steroid dienone is 6. The Morgan fingerprint density at radius 3 is 2.80 bits per heavy atom. The van der Waals surface area contributed by atoms with E-state index in [2.05, 4.69) is 32.1 Å². The summed E-state index contributed by atoms with van der Waals surface area (Å²) >= 11 is 0. The molecule has 0 aromatic heterocycles. The van der Waals surface area contributed by atoms with E-state index in [4.69, 9.17) is 0 Å². The molecule has 0 aromatic carbocycles. The Hall–Kier alpha value is -1.11. The van der Waals surface area contributed by atoms with Crippen molar-refractivity contribution in [1.82, 2.24) is 0 Å².